The first-order valence-electron chi connectivity index (χ1n) is 6.26. The standard InChI is InChI=1S/C13H18N4O2/c1-11(9-12-3-2-8-19-12)16-13(18)15-5-7-17-6-4-14-10-17/h2-4,6,8,10-11H,5,7,9H2,1H3,(H2,15,16,18). The molecule has 0 spiro atoms. The van der Waals surface area contributed by atoms with Gasteiger partial charge in [-0.2, -0.15) is 0 Å². The van der Waals surface area contributed by atoms with Gasteiger partial charge in [-0.15, -0.1) is 0 Å². The summed E-state index contributed by atoms with van der Waals surface area (Å²) in [6.45, 7) is 3.22. The SMILES string of the molecule is CC(Cc1ccco1)NC(=O)NCCn1ccnc1. The topological polar surface area (TPSA) is 72.1 Å². The molecule has 19 heavy (non-hydrogen) atoms. The minimum Gasteiger partial charge on any atom is -0.469 e. The second-order valence-corrected chi connectivity index (χ2v) is 4.39. The van der Waals surface area contributed by atoms with Gasteiger partial charge < -0.3 is 19.6 Å². The van der Waals surface area contributed by atoms with Crippen molar-refractivity contribution in [3.63, 3.8) is 0 Å². The molecule has 6 nitrogen and oxygen atoms in total. The molecular weight excluding hydrogens is 244 g/mol. The number of carbonyl (C=O) groups excluding carboxylic acids is 1. The van der Waals surface area contributed by atoms with E-state index < -0.39 is 0 Å². The zero-order chi connectivity index (χ0) is 13.5. The Kier molecular flexibility index (Phi) is 4.60. The van der Waals surface area contributed by atoms with E-state index in [1.807, 2.05) is 29.8 Å². The summed E-state index contributed by atoms with van der Waals surface area (Å²) in [6.07, 6.45) is 7.61. The van der Waals surface area contributed by atoms with Gasteiger partial charge in [-0.25, -0.2) is 9.78 Å². The van der Waals surface area contributed by atoms with Crippen LogP contribution in [0.4, 0.5) is 4.79 Å². The minimum atomic E-state index is -0.167. The smallest absolute Gasteiger partial charge is 0.315 e. The number of amides is 2. The lowest BCUT2D eigenvalue weighted by Gasteiger charge is -2.13. The molecule has 1 unspecified atom stereocenters. The van der Waals surface area contributed by atoms with E-state index >= 15 is 0 Å². The van der Waals surface area contributed by atoms with E-state index in [9.17, 15) is 4.79 Å². The Morgan fingerprint density at radius 2 is 2.47 bits per heavy atom. The van der Waals surface area contributed by atoms with E-state index in [2.05, 4.69) is 15.6 Å². The lowest BCUT2D eigenvalue weighted by Crippen LogP contribution is -2.42. The Bertz CT molecular complexity index is 479. The Hall–Kier alpha value is -2.24. The Labute approximate surface area is 111 Å². The van der Waals surface area contributed by atoms with Crippen molar-refractivity contribution < 1.29 is 9.21 Å². The molecule has 0 saturated carbocycles. The van der Waals surface area contributed by atoms with Gasteiger partial charge in [0.15, 0.2) is 0 Å². The van der Waals surface area contributed by atoms with Crippen molar-refractivity contribution in [2.24, 2.45) is 0 Å². The third-order valence-electron chi connectivity index (χ3n) is 2.68. The first-order valence-corrected chi connectivity index (χ1v) is 6.26. The van der Waals surface area contributed by atoms with Crippen LogP contribution in [0.2, 0.25) is 0 Å². The fourth-order valence-electron chi connectivity index (χ4n) is 1.77. The number of rotatable bonds is 6. The highest BCUT2D eigenvalue weighted by molar-refractivity contribution is 5.74. The fourth-order valence-corrected chi connectivity index (χ4v) is 1.77. The molecule has 0 aliphatic carbocycles. The molecule has 1 atom stereocenters. The largest absolute Gasteiger partial charge is 0.469 e. The molecule has 102 valence electrons. The third-order valence-corrected chi connectivity index (χ3v) is 2.68. The molecule has 2 aromatic heterocycles. The zero-order valence-corrected chi connectivity index (χ0v) is 10.9. The number of nitrogens with zero attached hydrogens (tertiary/aromatic N) is 2. The summed E-state index contributed by atoms with van der Waals surface area (Å²) in [5.74, 6) is 0.867. The van der Waals surface area contributed by atoms with E-state index in [0.29, 0.717) is 19.5 Å². The summed E-state index contributed by atoms with van der Waals surface area (Å²) >= 11 is 0. The van der Waals surface area contributed by atoms with Gasteiger partial charge in [0.2, 0.25) is 0 Å². The van der Waals surface area contributed by atoms with Crippen molar-refractivity contribution in [3.8, 4) is 0 Å². The van der Waals surface area contributed by atoms with Crippen LogP contribution in [0.25, 0.3) is 0 Å². The predicted molar refractivity (Wildman–Crippen MR) is 70.6 cm³/mol. The van der Waals surface area contributed by atoms with Crippen LogP contribution in [0.3, 0.4) is 0 Å². The maximum Gasteiger partial charge on any atom is 0.315 e. The maximum atomic E-state index is 11.6. The number of furan rings is 1. The van der Waals surface area contributed by atoms with Crippen LogP contribution in [-0.4, -0.2) is 28.2 Å². The molecule has 2 heterocycles. The summed E-state index contributed by atoms with van der Waals surface area (Å²) in [4.78, 5) is 15.6. The van der Waals surface area contributed by atoms with Crippen molar-refractivity contribution >= 4 is 6.03 Å². The number of aromatic nitrogens is 2. The molecular formula is C13H18N4O2. The van der Waals surface area contributed by atoms with Crippen LogP contribution in [0.15, 0.2) is 41.5 Å². The molecule has 2 amide bonds. The molecule has 0 radical (unpaired) electrons. The highest BCUT2D eigenvalue weighted by Crippen LogP contribution is 2.03. The van der Waals surface area contributed by atoms with Crippen molar-refractivity contribution in [1.29, 1.82) is 0 Å². The van der Waals surface area contributed by atoms with Crippen molar-refractivity contribution in [2.75, 3.05) is 6.54 Å². The highest BCUT2D eigenvalue weighted by atomic mass is 16.3. The van der Waals surface area contributed by atoms with Gasteiger partial charge >= 0.3 is 6.03 Å². The van der Waals surface area contributed by atoms with Gasteiger partial charge in [0.1, 0.15) is 5.76 Å². The average Bonchev–Trinajstić information content (AvgIpc) is 3.01. The van der Waals surface area contributed by atoms with Crippen molar-refractivity contribution in [2.45, 2.75) is 25.9 Å². The summed E-state index contributed by atoms with van der Waals surface area (Å²) < 4.78 is 7.14. The molecule has 2 rings (SSSR count). The van der Waals surface area contributed by atoms with Crippen LogP contribution in [0.5, 0.6) is 0 Å². The highest BCUT2D eigenvalue weighted by Gasteiger charge is 2.08. The van der Waals surface area contributed by atoms with Gasteiger partial charge in [-0.1, -0.05) is 0 Å². The lowest BCUT2D eigenvalue weighted by atomic mass is 10.2. The molecule has 0 aromatic carbocycles. The summed E-state index contributed by atoms with van der Waals surface area (Å²) in [5.41, 5.74) is 0. The summed E-state index contributed by atoms with van der Waals surface area (Å²) in [7, 11) is 0. The summed E-state index contributed by atoms with van der Waals surface area (Å²) in [5, 5.41) is 5.67. The quantitative estimate of drug-likeness (QED) is 0.826. The molecule has 0 saturated heterocycles. The fraction of sp³-hybridized carbons (Fsp3) is 0.385. The number of hydrogen-bond donors (Lipinski definition) is 2. The van der Waals surface area contributed by atoms with Gasteiger partial charge in [0.05, 0.1) is 12.6 Å². The van der Waals surface area contributed by atoms with Gasteiger partial charge in [0.25, 0.3) is 0 Å². The van der Waals surface area contributed by atoms with Crippen molar-refractivity contribution in [3.05, 3.63) is 42.9 Å². The predicted octanol–water partition coefficient (Wildman–Crippen LogP) is 1.41. The van der Waals surface area contributed by atoms with Crippen LogP contribution in [0, 0.1) is 0 Å². The van der Waals surface area contributed by atoms with E-state index in [4.69, 9.17) is 4.42 Å². The lowest BCUT2D eigenvalue weighted by molar-refractivity contribution is 0.237. The molecule has 0 aliphatic heterocycles. The Morgan fingerprint density at radius 1 is 1.58 bits per heavy atom. The van der Waals surface area contributed by atoms with Crippen LogP contribution >= 0.6 is 0 Å². The van der Waals surface area contributed by atoms with Crippen LogP contribution < -0.4 is 10.6 Å². The van der Waals surface area contributed by atoms with Gasteiger partial charge in [-0.3, -0.25) is 0 Å². The normalized spacial score (nSPS) is 12.1. The Balaban J connectivity index is 1.63. The number of urea groups is 1. The average molecular weight is 262 g/mol. The minimum absolute atomic E-state index is 0.0272. The van der Waals surface area contributed by atoms with E-state index in [1.54, 1.807) is 18.8 Å². The van der Waals surface area contributed by atoms with E-state index in [1.165, 1.54) is 0 Å². The molecule has 0 fully saturated rings. The van der Waals surface area contributed by atoms with Gasteiger partial charge in [0, 0.05) is 37.9 Å². The number of nitrogens with one attached hydrogen (secondary N) is 2. The van der Waals surface area contributed by atoms with E-state index in [-0.39, 0.29) is 12.1 Å². The van der Waals surface area contributed by atoms with Gasteiger partial charge in [-0.05, 0) is 19.1 Å². The maximum absolute atomic E-state index is 11.6. The zero-order valence-electron chi connectivity index (χ0n) is 10.9. The number of hydrogen-bond acceptors (Lipinski definition) is 3. The van der Waals surface area contributed by atoms with Crippen LogP contribution in [0.1, 0.15) is 12.7 Å². The number of imidazole rings is 1. The molecule has 6 heteroatoms. The van der Waals surface area contributed by atoms with Crippen LogP contribution in [-0.2, 0) is 13.0 Å². The monoisotopic (exact) mass is 262 g/mol. The molecule has 2 N–H and O–H groups in total. The number of carbonyl (C=O) groups is 1. The molecule has 0 aliphatic rings. The Morgan fingerprint density at radius 3 is 3.16 bits per heavy atom. The molecule has 2 aromatic rings. The summed E-state index contributed by atoms with van der Waals surface area (Å²) in [6, 6.07) is 3.60. The van der Waals surface area contributed by atoms with Crippen molar-refractivity contribution in [1.82, 2.24) is 20.2 Å². The first-order chi connectivity index (χ1) is 9.24. The second kappa shape index (κ2) is 6.63. The third kappa shape index (κ3) is 4.50. The second-order valence-electron chi connectivity index (χ2n) is 4.39. The van der Waals surface area contributed by atoms with E-state index in [0.717, 1.165) is 5.76 Å². The first kappa shape index (κ1) is 13.2. The molecule has 0 bridgehead atoms.